The van der Waals surface area contributed by atoms with Crippen molar-refractivity contribution in [2.75, 3.05) is 11.9 Å². The summed E-state index contributed by atoms with van der Waals surface area (Å²) in [5.41, 5.74) is 1.28. The number of hydrogen-bond acceptors (Lipinski definition) is 4. The van der Waals surface area contributed by atoms with E-state index in [2.05, 4.69) is 31.7 Å². The van der Waals surface area contributed by atoms with E-state index >= 15 is 0 Å². The molecule has 0 unspecified atom stereocenters. The van der Waals surface area contributed by atoms with Gasteiger partial charge in [0, 0.05) is 26.1 Å². The summed E-state index contributed by atoms with van der Waals surface area (Å²) in [6.07, 6.45) is 0.792. The molecule has 0 saturated carbocycles. The van der Waals surface area contributed by atoms with Crippen molar-refractivity contribution >= 4 is 28.8 Å². The molecule has 0 amide bonds. The zero-order chi connectivity index (χ0) is 12.3. The van der Waals surface area contributed by atoms with Crippen LogP contribution in [0.2, 0.25) is 5.15 Å². The van der Waals surface area contributed by atoms with E-state index < -0.39 is 0 Å². The van der Waals surface area contributed by atoms with E-state index in [1.54, 1.807) is 17.4 Å². The van der Waals surface area contributed by atoms with Crippen LogP contribution in [0.4, 0.5) is 5.82 Å². The Kier molecular flexibility index (Phi) is 3.97. The summed E-state index contributed by atoms with van der Waals surface area (Å²) in [6.45, 7) is 2.86. The van der Waals surface area contributed by atoms with Crippen LogP contribution in [0, 0.1) is 0 Å². The predicted molar refractivity (Wildman–Crippen MR) is 72.8 cm³/mol. The van der Waals surface area contributed by atoms with Crippen LogP contribution < -0.4 is 4.90 Å². The van der Waals surface area contributed by atoms with Crippen LogP contribution in [-0.2, 0) is 13.0 Å². The lowest BCUT2D eigenvalue weighted by molar-refractivity contribution is 0.861. The SMILES string of the molecule is CCc1nc(Cl)cc(N(C)Cc2ccsc2)n1. The smallest absolute Gasteiger partial charge is 0.134 e. The van der Waals surface area contributed by atoms with Crippen molar-refractivity contribution < 1.29 is 0 Å². The number of rotatable bonds is 4. The van der Waals surface area contributed by atoms with Crippen LogP contribution >= 0.6 is 22.9 Å². The highest BCUT2D eigenvalue weighted by Crippen LogP contribution is 2.18. The minimum absolute atomic E-state index is 0.504. The molecule has 3 nitrogen and oxygen atoms in total. The molecule has 0 bridgehead atoms. The molecule has 0 fully saturated rings. The van der Waals surface area contributed by atoms with Crippen LogP contribution in [-0.4, -0.2) is 17.0 Å². The lowest BCUT2D eigenvalue weighted by atomic mass is 10.3. The van der Waals surface area contributed by atoms with Crippen LogP contribution in [0.25, 0.3) is 0 Å². The molecule has 0 radical (unpaired) electrons. The van der Waals surface area contributed by atoms with Gasteiger partial charge >= 0.3 is 0 Å². The normalized spacial score (nSPS) is 10.5. The van der Waals surface area contributed by atoms with Gasteiger partial charge in [-0.3, -0.25) is 0 Å². The van der Waals surface area contributed by atoms with Gasteiger partial charge in [-0.15, -0.1) is 0 Å². The van der Waals surface area contributed by atoms with Crippen molar-refractivity contribution in [1.82, 2.24) is 9.97 Å². The number of halogens is 1. The lowest BCUT2D eigenvalue weighted by Gasteiger charge is -2.18. The number of aromatic nitrogens is 2. The van der Waals surface area contributed by atoms with Gasteiger partial charge in [0.1, 0.15) is 16.8 Å². The highest BCUT2D eigenvalue weighted by molar-refractivity contribution is 7.07. The first-order chi connectivity index (χ1) is 8.19. The largest absolute Gasteiger partial charge is 0.355 e. The number of hydrogen-bond donors (Lipinski definition) is 0. The van der Waals surface area contributed by atoms with Crippen LogP contribution in [0.3, 0.4) is 0 Å². The lowest BCUT2D eigenvalue weighted by Crippen LogP contribution is -2.18. The molecule has 2 rings (SSSR count). The van der Waals surface area contributed by atoms with E-state index in [0.717, 1.165) is 24.6 Å². The first-order valence-electron chi connectivity index (χ1n) is 5.44. The second kappa shape index (κ2) is 5.47. The van der Waals surface area contributed by atoms with Crippen LogP contribution in [0.15, 0.2) is 22.9 Å². The number of anilines is 1. The van der Waals surface area contributed by atoms with Crippen molar-refractivity contribution in [3.05, 3.63) is 39.4 Å². The summed E-state index contributed by atoms with van der Waals surface area (Å²) in [5.74, 6) is 1.65. The Morgan fingerprint density at radius 2 is 2.24 bits per heavy atom. The summed E-state index contributed by atoms with van der Waals surface area (Å²) < 4.78 is 0. The Bertz CT molecular complexity index is 485. The van der Waals surface area contributed by atoms with E-state index in [9.17, 15) is 0 Å². The minimum atomic E-state index is 0.504. The van der Waals surface area contributed by atoms with Gasteiger partial charge in [0.15, 0.2) is 0 Å². The van der Waals surface area contributed by atoms with Gasteiger partial charge in [-0.2, -0.15) is 11.3 Å². The van der Waals surface area contributed by atoms with E-state index in [4.69, 9.17) is 11.6 Å². The highest BCUT2D eigenvalue weighted by Gasteiger charge is 2.07. The van der Waals surface area contributed by atoms with Gasteiger partial charge in [0.2, 0.25) is 0 Å². The quantitative estimate of drug-likeness (QED) is 0.795. The highest BCUT2D eigenvalue weighted by atomic mass is 35.5. The van der Waals surface area contributed by atoms with Gasteiger partial charge in [0.05, 0.1) is 0 Å². The van der Waals surface area contributed by atoms with Gasteiger partial charge in [-0.1, -0.05) is 18.5 Å². The molecular formula is C12H14ClN3S. The second-order valence-corrected chi connectivity index (χ2v) is 4.97. The van der Waals surface area contributed by atoms with E-state index in [0.29, 0.717) is 5.15 Å². The summed E-state index contributed by atoms with van der Waals surface area (Å²) in [4.78, 5) is 10.7. The molecule has 2 heterocycles. The minimum Gasteiger partial charge on any atom is -0.355 e. The summed E-state index contributed by atoms with van der Waals surface area (Å²) in [5, 5.41) is 4.72. The van der Waals surface area contributed by atoms with Gasteiger partial charge in [-0.25, -0.2) is 9.97 Å². The number of thiophene rings is 1. The van der Waals surface area contributed by atoms with Gasteiger partial charge < -0.3 is 4.90 Å². The molecule has 0 aliphatic rings. The van der Waals surface area contributed by atoms with Crippen molar-refractivity contribution in [2.24, 2.45) is 0 Å². The first kappa shape index (κ1) is 12.3. The monoisotopic (exact) mass is 267 g/mol. The molecule has 0 N–H and O–H groups in total. The standard InChI is InChI=1S/C12H14ClN3S/c1-3-11-14-10(13)6-12(15-11)16(2)7-9-4-5-17-8-9/h4-6,8H,3,7H2,1-2H3. The summed E-state index contributed by atoms with van der Waals surface area (Å²) >= 11 is 7.68. The Balaban J connectivity index is 2.18. The maximum atomic E-state index is 5.98. The average Bonchev–Trinajstić information content (AvgIpc) is 2.81. The molecule has 0 saturated heterocycles. The fourth-order valence-electron chi connectivity index (χ4n) is 1.54. The maximum absolute atomic E-state index is 5.98. The molecule has 0 spiro atoms. The van der Waals surface area contributed by atoms with E-state index in [1.807, 2.05) is 14.0 Å². The average molecular weight is 268 g/mol. The number of aryl methyl sites for hydroxylation is 1. The van der Waals surface area contributed by atoms with Crippen molar-refractivity contribution in [2.45, 2.75) is 19.9 Å². The molecule has 0 aromatic carbocycles. The number of nitrogens with zero attached hydrogens (tertiary/aromatic N) is 3. The summed E-state index contributed by atoms with van der Waals surface area (Å²) in [6, 6.07) is 3.91. The molecule has 2 aromatic rings. The predicted octanol–water partition coefficient (Wildman–Crippen LogP) is 3.39. The molecule has 0 aliphatic heterocycles. The third kappa shape index (κ3) is 3.17. The first-order valence-corrected chi connectivity index (χ1v) is 6.76. The van der Waals surface area contributed by atoms with Crippen molar-refractivity contribution in [1.29, 1.82) is 0 Å². The zero-order valence-electron chi connectivity index (χ0n) is 9.85. The molecular weight excluding hydrogens is 254 g/mol. The second-order valence-electron chi connectivity index (χ2n) is 3.81. The molecule has 17 heavy (non-hydrogen) atoms. The van der Waals surface area contributed by atoms with E-state index in [1.165, 1.54) is 5.56 Å². The molecule has 2 aromatic heterocycles. The summed E-state index contributed by atoms with van der Waals surface area (Å²) in [7, 11) is 2.01. The third-order valence-corrected chi connectivity index (χ3v) is 3.36. The van der Waals surface area contributed by atoms with Crippen molar-refractivity contribution in [3.63, 3.8) is 0 Å². The topological polar surface area (TPSA) is 29.0 Å². The fourth-order valence-corrected chi connectivity index (χ4v) is 2.40. The zero-order valence-corrected chi connectivity index (χ0v) is 11.4. The molecule has 0 atom stereocenters. The Hall–Kier alpha value is -1.13. The van der Waals surface area contributed by atoms with Crippen LogP contribution in [0.5, 0.6) is 0 Å². The molecule has 5 heteroatoms. The third-order valence-electron chi connectivity index (χ3n) is 2.43. The fraction of sp³-hybridized carbons (Fsp3) is 0.333. The Morgan fingerprint density at radius 3 is 2.88 bits per heavy atom. The van der Waals surface area contributed by atoms with Crippen molar-refractivity contribution in [3.8, 4) is 0 Å². The van der Waals surface area contributed by atoms with E-state index in [-0.39, 0.29) is 0 Å². The van der Waals surface area contributed by atoms with Gasteiger partial charge in [0.25, 0.3) is 0 Å². The van der Waals surface area contributed by atoms with Gasteiger partial charge in [-0.05, 0) is 22.4 Å². The molecule has 90 valence electrons. The Morgan fingerprint density at radius 1 is 1.41 bits per heavy atom. The maximum Gasteiger partial charge on any atom is 0.134 e. The van der Waals surface area contributed by atoms with Crippen LogP contribution in [0.1, 0.15) is 18.3 Å². The Labute approximate surface area is 110 Å². The molecule has 0 aliphatic carbocycles.